The Balaban J connectivity index is 0. The Hall–Kier alpha value is -1.31. The van der Waals surface area contributed by atoms with E-state index in [0.717, 1.165) is 0 Å². The summed E-state index contributed by atoms with van der Waals surface area (Å²) >= 11 is 0. The van der Waals surface area contributed by atoms with Gasteiger partial charge in [-0.05, 0) is 12.1 Å². The van der Waals surface area contributed by atoms with E-state index in [1.165, 1.54) is 0 Å². The molecule has 0 spiro atoms. The van der Waals surface area contributed by atoms with Crippen LogP contribution in [0, 0.1) is 0 Å². The van der Waals surface area contributed by atoms with Gasteiger partial charge in [0.1, 0.15) is 0 Å². The molecule has 2 heteroatoms. The number of carbonyl (C=O) groups excluding carboxylic acids is 1. The third kappa shape index (κ3) is 7.06. The molecule has 0 aliphatic rings. The van der Waals surface area contributed by atoms with E-state index in [4.69, 9.17) is 5.73 Å². The highest BCUT2D eigenvalue weighted by Crippen LogP contribution is 1.94. The summed E-state index contributed by atoms with van der Waals surface area (Å²) in [5.41, 5.74) is 5.53. The highest BCUT2D eigenvalue weighted by molar-refractivity contribution is 5.92. The number of carbonyl (C=O) groups is 1. The lowest BCUT2D eigenvalue weighted by molar-refractivity contribution is 0.100. The van der Waals surface area contributed by atoms with Crippen LogP contribution < -0.4 is 5.73 Å². The Morgan fingerprint density at radius 2 is 1.38 bits per heavy atom. The Labute approximate surface area is 80.8 Å². The molecule has 0 aliphatic carbocycles. The van der Waals surface area contributed by atoms with E-state index in [1.54, 1.807) is 24.3 Å². The maximum absolute atomic E-state index is 10.4. The summed E-state index contributed by atoms with van der Waals surface area (Å²) < 4.78 is 0. The van der Waals surface area contributed by atoms with Crippen molar-refractivity contribution < 1.29 is 4.79 Å². The molecular weight excluding hydrogens is 162 g/mol. The van der Waals surface area contributed by atoms with Crippen molar-refractivity contribution in [1.82, 2.24) is 0 Å². The summed E-state index contributed by atoms with van der Waals surface area (Å²) in [5.74, 6) is -0.379. The van der Waals surface area contributed by atoms with Crippen LogP contribution in [0.25, 0.3) is 0 Å². The minimum Gasteiger partial charge on any atom is -0.366 e. The zero-order valence-corrected chi connectivity index (χ0v) is 8.87. The first-order chi connectivity index (χ1) is 6.30. The predicted molar refractivity (Wildman–Crippen MR) is 57.7 cm³/mol. The van der Waals surface area contributed by atoms with E-state index < -0.39 is 0 Å². The first-order valence-electron chi connectivity index (χ1n) is 4.65. The molecule has 0 bridgehead atoms. The van der Waals surface area contributed by atoms with Crippen LogP contribution in [-0.2, 0) is 0 Å². The molecule has 0 radical (unpaired) electrons. The molecule has 2 nitrogen and oxygen atoms in total. The van der Waals surface area contributed by atoms with Crippen molar-refractivity contribution in [3.05, 3.63) is 35.9 Å². The molecule has 2 N–H and O–H groups in total. The van der Waals surface area contributed by atoms with Crippen LogP contribution in [0.3, 0.4) is 0 Å². The third-order valence-electron chi connectivity index (χ3n) is 1.06. The van der Waals surface area contributed by atoms with Crippen molar-refractivity contribution in [1.29, 1.82) is 0 Å². The number of hydrogen-bond acceptors (Lipinski definition) is 1. The number of rotatable bonds is 1. The summed E-state index contributed by atoms with van der Waals surface area (Å²) in [6.07, 6.45) is 0. The molecule has 0 heterocycles. The number of nitrogens with two attached hydrogens (primary N) is 1. The van der Waals surface area contributed by atoms with Crippen molar-refractivity contribution in [2.24, 2.45) is 5.73 Å². The van der Waals surface area contributed by atoms with Crippen molar-refractivity contribution in [2.45, 2.75) is 27.7 Å². The topological polar surface area (TPSA) is 43.1 Å². The van der Waals surface area contributed by atoms with E-state index in [-0.39, 0.29) is 5.91 Å². The van der Waals surface area contributed by atoms with Crippen LogP contribution in [0.2, 0.25) is 0 Å². The van der Waals surface area contributed by atoms with Gasteiger partial charge < -0.3 is 5.73 Å². The summed E-state index contributed by atoms with van der Waals surface area (Å²) in [5, 5.41) is 0. The molecule has 0 fully saturated rings. The van der Waals surface area contributed by atoms with Gasteiger partial charge in [-0.2, -0.15) is 0 Å². The van der Waals surface area contributed by atoms with Crippen LogP contribution in [-0.4, -0.2) is 5.91 Å². The molecule has 74 valence electrons. The summed E-state index contributed by atoms with van der Waals surface area (Å²) in [6.45, 7) is 8.00. The molecule has 0 unspecified atom stereocenters. The van der Waals surface area contributed by atoms with E-state index in [9.17, 15) is 4.79 Å². The quantitative estimate of drug-likeness (QED) is 0.711. The van der Waals surface area contributed by atoms with Crippen molar-refractivity contribution in [2.75, 3.05) is 0 Å². The van der Waals surface area contributed by atoms with Gasteiger partial charge in [-0.3, -0.25) is 4.79 Å². The lowest BCUT2D eigenvalue weighted by Gasteiger charge is -1.89. The molecule has 1 rings (SSSR count). The SMILES string of the molecule is CC.CC.NC(=O)c1ccccc1. The summed E-state index contributed by atoms with van der Waals surface area (Å²) in [4.78, 5) is 10.4. The second kappa shape index (κ2) is 10.7. The van der Waals surface area contributed by atoms with Crippen molar-refractivity contribution in [3.63, 3.8) is 0 Å². The number of amides is 1. The zero-order valence-electron chi connectivity index (χ0n) is 8.87. The lowest BCUT2D eigenvalue weighted by atomic mass is 10.2. The van der Waals surface area contributed by atoms with Gasteiger partial charge in [-0.25, -0.2) is 0 Å². The molecule has 0 aliphatic heterocycles. The predicted octanol–water partition coefficient (Wildman–Crippen LogP) is 2.84. The minimum atomic E-state index is -0.379. The molecule has 0 saturated carbocycles. The molecule has 1 amide bonds. The summed E-state index contributed by atoms with van der Waals surface area (Å²) in [6, 6.07) is 8.76. The van der Waals surface area contributed by atoms with Gasteiger partial charge in [0.15, 0.2) is 0 Å². The van der Waals surface area contributed by atoms with Crippen molar-refractivity contribution >= 4 is 5.91 Å². The van der Waals surface area contributed by atoms with Gasteiger partial charge in [0.25, 0.3) is 0 Å². The van der Waals surface area contributed by atoms with Crippen molar-refractivity contribution in [3.8, 4) is 0 Å². The molecule has 0 aromatic heterocycles. The number of hydrogen-bond donors (Lipinski definition) is 1. The van der Waals surface area contributed by atoms with Gasteiger partial charge in [-0.15, -0.1) is 0 Å². The second-order valence-corrected chi connectivity index (χ2v) is 1.73. The first-order valence-corrected chi connectivity index (χ1v) is 4.65. The van der Waals surface area contributed by atoms with Gasteiger partial charge in [0.2, 0.25) is 5.91 Å². The molecule has 1 aromatic carbocycles. The largest absolute Gasteiger partial charge is 0.366 e. The Morgan fingerprint density at radius 1 is 1.00 bits per heavy atom. The standard InChI is InChI=1S/C7H7NO.2C2H6/c8-7(9)6-4-2-1-3-5-6;2*1-2/h1-5H,(H2,8,9);2*1-2H3. The first kappa shape index (κ1) is 14.2. The molecule has 0 saturated heterocycles. The van der Waals surface area contributed by atoms with E-state index in [1.807, 2.05) is 33.8 Å². The van der Waals surface area contributed by atoms with Crippen LogP contribution in [0.4, 0.5) is 0 Å². The number of primary amides is 1. The summed E-state index contributed by atoms with van der Waals surface area (Å²) in [7, 11) is 0. The second-order valence-electron chi connectivity index (χ2n) is 1.73. The van der Waals surface area contributed by atoms with Crippen LogP contribution >= 0.6 is 0 Å². The molecular formula is C11H19NO. The van der Waals surface area contributed by atoms with Gasteiger partial charge in [0, 0.05) is 5.56 Å². The average molecular weight is 181 g/mol. The highest BCUT2D eigenvalue weighted by atomic mass is 16.1. The minimum absolute atomic E-state index is 0.379. The Kier molecular flexibility index (Phi) is 11.7. The fraction of sp³-hybridized carbons (Fsp3) is 0.364. The van der Waals surface area contributed by atoms with Gasteiger partial charge >= 0.3 is 0 Å². The van der Waals surface area contributed by atoms with Crippen LogP contribution in [0.15, 0.2) is 30.3 Å². The van der Waals surface area contributed by atoms with E-state index >= 15 is 0 Å². The molecule has 0 atom stereocenters. The third-order valence-corrected chi connectivity index (χ3v) is 1.06. The fourth-order valence-electron chi connectivity index (χ4n) is 0.602. The molecule has 1 aromatic rings. The maximum atomic E-state index is 10.4. The van der Waals surface area contributed by atoms with E-state index in [2.05, 4.69) is 0 Å². The smallest absolute Gasteiger partial charge is 0.248 e. The highest BCUT2D eigenvalue weighted by Gasteiger charge is 1.93. The Morgan fingerprint density at radius 3 is 1.62 bits per heavy atom. The Bertz CT molecular complexity index is 207. The molecule has 13 heavy (non-hydrogen) atoms. The normalized spacial score (nSPS) is 7.08. The number of benzene rings is 1. The zero-order chi connectivity index (χ0) is 10.7. The maximum Gasteiger partial charge on any atom is 0.248 e. The average Bonchev–Trinajstić information content (AvgIpc) is 2.25. The van der Waals surface area contributed by atoms with Crippen LogP contribution in [0.1, 0.15) is 38.1 Å². The fourth-order valence-corrected chi connectivity index (χ4v) is 0.602. The van der Waals surface area contributed by atoms with Crippen LogP contribution in [0.5, 0.6) is 0 Å². The van der Waals surface area contributed by atoms with Gasteiger partial charge in [-0.1, -0.05) is 45.9 Å². The van der Waals surface area contributed by atoms with Gasteiger partial charge in [0.05, 0.1) is 0 Å². The van der Waals surface area contributed by atoms with E-state index in [0.29, 0.717) is 5.56 Å². The lowest BCUT2D eigenvalue weighted by Crippen LogP contribution is -2.09. The monoisotopic (exact) mass is 181 g/mol.